The first-order valence-corrected chi connectivity index (χ1v) is 4.21. The number of aryl methyl sites for hydroxylation is 2. The maximum atomic E-state index is 10.5. The van der Waals surface area contributed by atoms with Gasteiger partial charge >= 0.3 is 5.97 Å². The predicted molar refractivity (Wildman–Crippen MR) is 49.1 cm³/mol. The van der Waals surface area contributed by atoms with Gasteiger partial charge in [0.1, 0.15) is 17.0 Å². The Kier molecular flexibility index (Phi) is 1.80. The largest absolute Gasteiger partial charge is 0.481 e. The lowest BCUT2D eigenvalue weighted by Gasteiger charge is -1.89. The van der Waals surface area contributed by atoms with Gasteiger partial charge in [0.25, 0.3) is 0 Å². The highest BCUT2D eigenvalue weighted by atomic mass is 16.4. The van der Waals surface area contributed by atoms with Gasteiger partial charge in [-0.1, -0.05) is 0 Å². The Labute approximate surface area is 79.9 Å². The van der Waals surface area contributed by atoms with Crippen LogP contribution < -0.4 is 0 Å². The Bertz CT molecular complexity index is 495. The van der Waals surface area contributed by atoms with Crippen molar-refractivity contribution in [3.63, 3.8) is 0 Å². The zero-order valence-corrected chi connectivity index (χ0v) is 7.94. The highest BCUT2D eigenvalue weighted by Crippen LogP contribution is 2.22. The first kappa shape index (κ1) is 8.80. The van der Waals surface area contributed by atoms with E-state index in [9.17, 15) is 4.79 Å². The molecule has 0 atom stereocenters. The van der Waals surface area contributed by atoms with Crippen LogP contribution in [0.2, 0.25) is 0 Å². The molecular formula is C9H10N2O3. The molecule has 5 heteroatoms. The molecule has 2 aromatic rings. The SMILES string of the molecule is Cc1cc2c(o1)c(CC(=O)O)nn2C. The molecule has 0 unspecified atom stereocenters. The monoisotopic (exact) mass is 194 g/mol. The number of hydrogen-bond acceptors (Lipinski definition) is 3. The summed E-state index contributed by atoms with van der Waals surface area (Å²) in [5.74, 6) is -0.140. The molecule has 0 bridgehead atoms. The lowest BCUT2D eigenvalue weighted by Crippen LogP contribution is -2.01. The Morgan fingerprint density at radius 3 is 3.07 bits per heavy atom. The molecule has 0 amide bonds. The van der Waals surface area contributed by atoms with E-state index in [-0.39, 0.29) is 6.42 Å². The molecule has 0 saturated carbocycles. The highest BCUT2D eigenvalue weighted by Gasteiger charge is 2.15. The molecule has 5 nitrogen and oxygen atoms in total. The topological polar surface area (TPSA) is 68.3 Å². The number of rotatable bonds is 2. The number of furan rings is 1. The Balaban J connectivity index is 2.59. The van der Waals surface area contributed by atoms with Crippen LogP contribution in [0, 0.1) is 6.92 Å². The van der Waals surface area contributed by atoms with Crippen molar-refractivity contribution in [2.75, 3.05) is 0 Å². The van der Waals surface area contributed by atoms with Gasteiger partial charge in [-0.3, -0.25) is 9.48 Å². The summed E-state index contributed by atoms with van der Waals surface area (Å²) in [6, 6.07) is 1.84. The number of carboxylic acid groups (broad SMARTS) is 1. The fourth-order valence-electron chi connectivity index (χ4n) is 1.49. The summed E-state index contributed by atoms with van der Waals surface area (Å²) in [5, 5.41) is 12.7. The van der Waals surface area contributed by atoms with Crippen LogP contribution in [0.4, 0.5) is 0 Å². The Morgan fingerprint density at radius 1 is 1.71 bits per heavy atom. The average Bonchev–Trinajstić information content (AvgIpc) is 2.54. The minimum absolute atomic E-state index is 0.107. The molecule has 2 aromatic heterocycles. The number of aromatic nitrogens is 2. The van der Waals surface area contributed by atoms with Crippen molar-refractivity contribution in [3.8, 4) is 0 Å². The van der Waals surface area contributed by atoms with Crippen LogP contribution in [0.25, 0.3) is 11.1 Å². The molecule has 0 aromatic carbocycles. The lowest BCUT2D eigenvalue weighted by atomic mass is 10.3. The van der Waals surface area contributed by atoms with Crippen molar-refractivity contribution in [2.24, 2.45) is 7.05 Å². The molecule has 2 heterocycles. The van der Waals surface area contributed by atoms with Crippen LogP contribution in [-0.4, -0.2) is 20.9 Å². The standard InChI is InChI=1S/C9H10N2O3/c1-5-3-7-9(14-5)6(4-8(12)13)10-11(7)2/h3H,4H2,1-2H3,(H,12,13). The van der Waals surface area contributed by atoms with E-state index in [2.05, 4.69) is 5.10 Å². The molecule has 0 spiro atoms. The van der Waals surface area contributed by atoms with Gasteiger partial charge in [0.05, 0.1) is 6.42 Å². The third-order valence-electron chi connectivity index (χ3n) is 2.04. The van der Waals surface area contributed by atoms with Crippen molar-refractivity contribution in [1.82, 2.24) is 9.78 Å². The Morgan fingerprint density at radius 2 is 2.43 bits per heavy atom. The zero-order chi connectivity index (χ0) is 10.3. The fraction of sp³-hybridized carbons (Fsp3) is 0.333. The van der Waals surface area contributed by atoms with E-state index in [0.717, 1.165) is 11.3 Å². The summed E-state index contributed by atoms with van der Waals surface area (Å²) in [6.07, 6.45) is -0.107. The third-order valence-corrected chi connectivity index (χ3v) is 2.04. The molecule has 0 aliphatic carbocycles. The van der Waals surface area contributed by atoms with E-state index in [4.69, 9.17) is 9.52 Å². The van der Waals surface area contributed by atoms with Crippen molar-refractivity contribution in [2.45, 2.75) is 13.3 Å². The molecule has 74 valence electrons. The fourth-order valence-corrected chi connectivity index (χ4v) is 1.49. The van der Waals surface area contributed by atoms with Gasteiger partial charge in [-0.25, -0.2) is 0 Å². The van der Waals surface area contributed by atoms with E-state index in [0.29, 0.717) is 11.3 Å². The van der Waals surface area contributed by atoms with Crippen LogP contribution in [0.3, 0.4) is 0 Å². The van der Waals surface area contributed by atoms with Gasteiger partial charge in [-0.2, -0.15) is 5.10 Å². The highest BCUT2D eigenvalue weighted by molar-refractivity contribution is 5.81. The lowest BCUT2D eigenvalue weighted by molar-refractivity contribution is -0.136. The molecule has 1 N–H and O–H groups in total. The van der Waals surface area contributed by atoms with Gasteiger partial charge < -0.3 is 9.52 Å². The molecule has 2 rings (SSSR count). The molecule has 0 aliphatic heterocycles. The maximum absolute atomic E-state index is 10.5. The average molecular weight is 194 g/mol. The number of hydrogen-bond donors (Lipinski definition) is 1. The van der Waals surface area contributed by atoms with Gasteiger partial charge in [0.15, 0.2) is 5.58 Å². The quantitative estimate of drug-likeness (QED) is 0.777. The number of nitrogens with zero attached hydrogens (tertiary/aromatic N) is 2. The van der Waals surface area contributed by atoms with Crippen molar-refractivity contribution < 1.29 is 14.3 Å². The van der Waals surface area contributed by atoms with E-state index >= 15 is 0 Å². The minimum atomic E-state index is -0.904. The first-order valence-electron chi connectivity index (χ1n) is 4.21. The summed E-state index contributed by atoms with van der Waals surface area (Å²) in [5.41, 5.74) is 1.88. The van der Waals surface area contributed by atoms with Crippen LogP contribution >= 0.6 is 0 Å². The second-order valence-electron chi connectivity index (χ2n) is 3.21. The van der Waals surface area contributed by atoms with Gasteiger partial charge in [-0.05, 0) is 6.92 Å². The Hall–Kier alpha value is -1.78. The summed E-state index contributed by atoms with van der Waals surface area (Å²) in [6.45, 7) is 1.82. The van der Waals surface area contributed by atoms with Crippen LogP contribution in [0.5, 0.6) is 0 Å². The predicted octanol–water partition coefficient (Wildman–Crippen LogP) is 1.10. The molecule has 14 heavy (non-hydrogen) atoms. The number of aliphatic carboxylic acids is 1. The molecule has 0 fully saturated rings. The molecule has 0 aliphatic rings. The van der Waals surface area contributed by atoms with Crippen molar-refractivity contribution in [3.05, 3.63) is 17.5 Å². The zero-order valence-electron chi connectivity index (χ0n) is 7.94. The van der Waals surface area contributed by atoms with Crippen molar-refractivity contribution >= 4 is 17.1 Å². The molecular weight excluding hydrogens is 184 g/mol. The van der Waals surface area contributed by atoms with Gasteiger partial charge in [-0.15, -0.1) is 0 Å². The first-order chi connectivity index (χ1) is 6.58. The summed E-state index contributed by atoms with van der Waals surface area (Å²) in [4.78, 5) is 10.5. The van der Waals surface area contributed by atoms with Gasteiger partial charge in [0.2, 0.25) is 0 Å². The number of carboxylic acids is 1. The van der Waals surface area contributed by atoms with Crippen molar-refractivity contribution in [1.29, 1.82) is 0 Å². The van der Waals surface area contributed by atoms with Crippen LogP contribution in [-0.2, 0) is 18.3 Å². The van der Waals surface area contributed by atoms with E-state index in [1.165, 1.54) is 0 Å². The second kappa shape index (κ2) is 2.87. The maximum Gasteiger partial charge on any atom is 0.309 e. The summed E-state index contributed by atoms with van der Waals surface area (Å²) in [7, 11) is 1.77. The number of carbonyl (C=O) groups is 1. The van der Waals surface area contributed by atoms with Gasteiger partial charge in [0, 0.05) is 13.1 Å². The summed E-state index contributed by atoms with van der Waals surface area (Å²) < 4.78 is 7.00. The normalized spacial score (nSPS) is 11.0. The molecule has 0 radical (unpaired) electrons. The van der Waals surface area contributed by atoms with Crippen LogP contribution in [0.15, 0.2) is 10.5 Å². The second-order valence-corrected chi connectivity index (χ2v) is 3.21. The van der Waals surface area contributed by atoms with E-state index in [1.54, 1.807) is 11.7 Å². The number of fused-ring (bicyclic) bond motifs is 1. The smallest absolute Gasteiger partial charge is 0.309 e. The molecule has 0 saturated heterocycles. The van der Waals surface area contributed by atoms with E-state index in [1.807, 2.05) is 13.0 Å². The summed E-state index contributed by atoms with van der Waals surface area (Å²) >= 11 is 0. The third kappa shape index (κ3) is 1.26. The van der Waals surface area contributed by atoms with E-state index < -0.39 is 5.97 Å². The van der Waals surface area contributed by atoms with Crippen LogP contribution in [0.1, 0.15) is 11.5 Å². The minimum Gasteiger partial charge on any atom is -0.481 e.